The van der Waals surface area contributed by atoms with E-state index in [0.29, 0.717) is 12.2 Å². The van der Waals surface area contributed by atoms with E-state index < -0.39 is 0 Å². The van der Waals surface area contributed by atoms with Crippen molar-refractivity contribution < 1.29 is 4.74 Å². The Hall–Kier alpha value is -3.89. The zero-order chi connectivity index (χ0) is 25.0. The number of morpholine rings is 1. The summed E-state index contributed by atoms with van der Waals surface area (Å²) in [5, 5.41) is 4.36. The lowest BCUT2D eigenvalue weighted by molar-refractivity contribution is 0.122. The van der Waals surface area contributed by atoms with Gasteiger partial charge < -0.3 is 19.9 Å². The second-order valence-corrected chi connectivity index (χ2v) is 9.66. The van der Waals surface area contributed by atoms with Crippen molar-refractivity contribution in [1.29, 1.82) is 0 Å². The normalized spacial score (nSPS) is 13.7. The summed E-state index contributed by atoms with van der Waals surface area (Å²) < 4.78 is 6.47. The maximum atomic E-state index is 5.47. The third kappa shape index (κ3) is 5.16. The molecule has 6 rings (SSSR count). The van der Waals surface area contributed by atoms with E-state index in [4.69, 9.17) is 14.7 Å². The number of aromatic amines is 1. The predicted molar refractivity (Wildman–Crippen MR) is 148 cm³/mol. The minimum absolute atomic E-state index is 0.628. The summed E-state index contributed by atoms with van der Waals surface area (Å²) >= 11 is 3.62. The Balaban J connectivity index is 1.39. The van der Waals surface area contributed by atoms with E-state index in [0.717, 1.165) is 82.3 Å². The van der Waals surface area contributed by atoms with Gasteiger partial charge in [-0.3, -0.25) is 0 Å². The number of pyridine rings is 2. The van der Waals surface area contributed by atoms with Crippen LogP contribution in [-0.4, -0.2) is 62.8 Å². The lowest BCUT2D eigenvalue weighted by Crippen LogP contribution is -2.36. The quantitative estimate of drug-likeness (QED) is 0.296. The first-order valence-electron chi connectivity index (χ1n) is 12.2. The van der Waals surface area contributed by atoms with E-state index in [9.17, 15) is 0 Å². The molecule has 1 aliphatic heterocycles. The lowest BCUT2D eigenvalue weighted by Gasteiger charge is -2.27. The summed E-state index contributed by atoms with van der Waals surface area (Å²) in [7, 11) is 0. The predicted octanol–water partition coefficient (Wildman–Crippen LogP) is 4.73. The number of ether oxygens (including phenoxy) is 1. The first-order valence-corrected chi connectivity index (χ1v) is 13.0. The van der Waals surface area contributed by atoms with Crippen molar-refractivity contribution in [3.8, 4) is 22.4 Å². The van der Waals surface area contributed by atoms with E-state index in [1.54, 1.807) is 12.7 Å². The molecule has 0 saturated carbocycles. The fraction of sp³-hybridized carbons (Fsp3) is 0.222. The van der Waals surface area contributed by atoms with Gasteiger partial charge in [0.1, 0.15) is 18.0 Å². The van der Waals surface area contributed by atoms with Gasteiger partial charge >= 0.3 is 0 Å². The molecular formula is C27H25BrN8O. The van der Waals surface area contributed by atoms with Crippen LogP contribution in [0.1, 0.15) is 5.69 Å². The molecule has 5 heterocycles. The number of aromatic nitrogens is 6. The van der Waals surface area contributed by atoms with Crippen LogP contribution in [0.2, 0.25) is 0 Å². The number of rotatable bonds is 7. The number of nitrogens with zero attached hydrogens (tertiary/aromatic N) is 6. The highest BCUT2D eigenvalue weighted by molar-refractivity contribution is 9.10. The maximum absolute atomic E-state index is 5.47. The summed E-state index contributed by atoms with van der Waals surface area (Å²) in [6.07, 6.45) is 7.76. The largest absolute Gasteiger partial charge is 0.378 e. The smallest absolute Gasteiger partial charge is 0.165 e. The minimum Gasteiger partial charge on any atom is -0.378 e. The van der Waals surface area contributed by atoms with E-state index in [-0.39, 0.29) is 0 Å². The average Bonchev–Trinajstić information content (AvgIpc) is 3.47. The van der Waals surface area contributed by atoms with Crippen LogP contribution in [0.5, 0.6) is 0 Å². The van der Waals surface area contributed by atoms with E-state index in [2.05, 4.69) is 70.3 Å². The molecule has 5 aromatic rings. The van der Waals surface area contributed by atoms with Crippen LogP contribution in [0.25, 0.3) is 33.4 Å². The van der Waals surface area contributed by atoms with Gasteiger partial charge in [0.15, 0.2) is 5.65 Å². The Bertz CT molecular complexity index is 1500. The van der Waals surface area contributed by atoms with Gasteiger partial charge in [-0.1, -0.05) is 28.1 Å². The summed E-state index contributed by atoms with van der Waals surface area (Å²) in [6, 6.07) is 14.4. The highest BCUT2D eigenvalue weighted by Crippen LogP contribution is 2.35. The van der Waals surface area contributed by atoms with E-state index >= 15 is 0 Å². The van der Waals surface area contributed by atoms with Crippen molar-refractivity contribution in [3.63, 3.8) is 0 Å². The van der Waals surface area contributed by atoms with Gasteiger partial charge in [-0.2, -0.15) is 0 Å². The summed E-state index contributed by atoms with van der Waals surface area (Å²) in [4.78, 5) is 28.2. The van der Waals surface area contributed by atoms with Crippen molar-refractivity contribution in [1.82, 2.24) is 29.9 Å². The zero-order valence-electron chi connectivity index (χ0n) is 20.1. The highest BCUT2D eigenvalue weighted by atomic mass is 79.9. The molecular weight excluding hydrogens is 532 g/mol. The Labute approximate surface area is 222 Å². The topological polar surface area (TPSA) is 105 Å². The molecule has 186 valence electrons. The highest BCUT2D eigenvalue weighted by Gasteiger charge is 2.17. The van der Waals surface area contributed by atoms with Crippen molar-refractivity contribution >= 4 is 38.6 Å². The second-order valence-electron chi connectivity index (χ2n) is 8.74. The van der Waals surface area contributed by atoms with Gasteiger partial charge in [-0.05, 0) is 41.5 Å². The second kappa shape index (κ2) is 10.6. The van der Waals surface area contributed by atoms with Crippen molar-refractivity contribution in [3.05, 3.63) is 77.7 Å². The number of benzene rings is 1. The number of fused-ring (bicyclic) bond motifs is 1. The van der Waals surface area contributed by atoms with Gasteiger partial charge in [0.25, 0.3) is 0 Å². The molecule has 1 fully saturated rings. The first kappa shape index (κ1) is 23.5. The number of hydrogen-bond acceptors (Lipinski definition) is 8. The fourth-order valence-electron chi connectivity index (χ4n) is 4.48. The number of hydrogen-bond donors (Lipinski definition) is 2. The molecule has 0 unspecified atom stereocenters. The SMILES string of the molecule is Brc1cccc(-c2cc(-c3ccc(N4CCOCC4)nc3)nc3ncnc(NCCc4cnc[nH]4)c23)c1. The van der Waals surface area contributed by atoms with Crippen LogP contribution in [0.15, 0.2) is 72.0 Å². The number of halogens is 1. The summed E-state index contributed by atoms with van der Waals surface area (Å²) in [5.74, 6) is 1.70. The van der Waals surface area contributed by atoms with Gasteiger partial charge in [-0.25, -0.2) is 24.9 Å². The van der Waals surface area contributed by atoms with Gasteiger partial charge in [0.2, 0.25) is 0 Å². The molecule has 37 heavy (non-hydrogen) atoms. The number of anilines is 2. The van der Waals surface area contributed by atoms with Crippen LogP contribution in [0.3, 0.4) is 0 Å². The molecule has 1 aliphatic rings. The van der Waals surface area contributed by atoms with Crippen LogP contribution in [-0.2, 0) is 11.2 Å². The Morgan fingerprint density at radius 3 is 2.70 bits per heavy atom. The molecule has 0 amide bonds. The van der Waals surface area contributed by atoms with Gasteiger partial charge in [0, 0.05) is 54.2 Å². The van der Waals surface area contributed by atoms with Crippen LogP contribution >= 0.6 is 15.9 Å². The Kier molecular flexibility index (Phi) is 6.74. The molecule has 0 radical (unpaired) electrons. The van der Waals surface area contributed by atoms with Crippen molar-refractivity contribution in [2.45, 2.75) is 6.42 Å². The lowest BCUT2D eigenvalue weighted by atomic mass is 10.00. The third-order valence-corrected chi connectivity index (χ3v) is 6.85. The Morgan fingerprint density at radius 1 is 1.00 bits per heavy atom. The van der Waals surface area contributed by atoms with Crippen molar-refractivity contribution in [2.75, 3.05) is 43.1 Å². The van der Waals surface area contributed by atoms with E-state index in [1.807, 2.05) is 30.6 Å². The number of H-pyrrole nitrogens is 1. The maximum Gasteiger partial charge on any atom is 0.165 e. The van der Waals surface area contributed by atoms with Crippen LogP contribution < -0.4 is 10.2 Å². The summed E-state index contributed by atoms with van der Waals surface area (Å²) in [6.45, 7) is 3.84. The number of imidazole rings is 1. The van der Waals surface area contributed by atoms with E-state index in [1.165, 1.54) is 0 Å². The summed E-state index contributed by atoms with van der Waals surface area (Å²) in [5.41, 5.74) is 5.49. The molecule has 1 aromatic carbocycles. The Morgan fingerprint density at radius 2 is 1.92 bits per heavy atom. The molecule has 10 heteroatoms. The molecule has 0 spiro atoms. The zero-order valence-corrected chi connectivity index (χ0v) is 21.6. The van der Waals surface area contributed by atoms with Crippen molar-refractivity contribution in [2.24, 2.45) is 0 Å². The van der Waals surface area contributed by atoms with Crippen LogP contribution in [0, 0.1) is 0 Å². The number of nitrogens with one attached hydrogen (secondary N) is 2. The van der Waals surface area contributed by atoms with Crippen LogP contribution in [0.4, 0.5) is 11.6 Å². The molecule has 2 N–H and O–H groups in total. The van der Waals surface area contributed by atoms with Gasteiger partial charge in [0.05, 0.1) is 30.6 Å². The minimum atomic E-state index is 0.628. The molecule has 4 aromatic heterocycles. The average molecular weight is 557 g/mol. The molecule has 9 nitrogen and oxygen atoms in total. The standard InChI is InChI=1S/C27H25BrN8O/c28-20-3-1-2-18(12-20)22-13-23(19-4-5-24(31-14-19)36-8-10-37-11-9-36)35-27-25(22)26(33-17-34-27)30-7-6-21-15-29-16-32-21/h1-5,12-17H,6-11H2,(H,29,32)(H,30,33,34,35). The molecule has 0 bridgehead atoms. The monoisotopic (exact) mass is 556 g/mol. The first-order chi connectivity index (χ1) is 18.2. The molecule has 1 saturated heterocycles. The molecule has 0 aliphatic carbocycles. The van der Waals surface area contributed by atoms with Gasteiger partial charge in [-0.15, -0.1) is 0 Å². The fourth-order valence-corrected chi connectivity index (χ4v) is 4.88. The third-order valence-electron chi connectivity index (χ3n) is 6.36. The molecule has 0 atom stereocenters.